The van der Waals surface area contributed by atoms with Gasteiger partial charge < -0.3 is 0 Å². The van der Waals surface area contributed by atoms with Gasteiger partial charge in [0, 0.05) is 0 Å². The monoisotopic (exact) mass is 670 g/mol. The molecule has 0 amide bonds. The average Bonchev–Trinajstić information content (AvgIpc) is 3.56. The van der Waals surface area contributed by atoms with Crippen molar-refractivity contribution in [2.75, 3.05) is 0 Å². The fourth-order valence-corrected chi connectivity index (χ4v) is 9.44. The van der Waals surface area contributed by atoms with Crippen molar-refractivity contribution in [1.82, 2.24) is 0 Å². The van der Waals surface area contributed by atoms with Crippen LogP contribution >= 0.6 is 0 Å². The smallest absolute Gasteiger partial charge is 0.0836 e. The second kappa shape index (κ2) is 12.1. The summed E-state index contributed by atoms with van der Waals surface area (Å²) in [4.78, 5) is 0. The van der Waals surface area contributed by atoms with E-state index in [9.17, 15) is 0 Å². The zero-order chi connectivity index (χ0) is 34.9. The lowest BCUT2D eigenvalue weighted by Gasteiger charge is -2.24. The van der Waals surface area contributed by atoms with Gasteiger partial charge in [-0.1, -0.05) is 186 Å². The summed E-state index contributed by atoms with van der Waals surface area (Å²) in [5.41, 5.74) is 17.4. The molecule has 0 saturated heterocycles. The molecule has 0 saturated carbocycles. The van der Waals surface area contributed by atoms with Gasteiger partial charge in [-0.05, 0) is 119 Å². The first-order valence-electron chi connectivity index (χ1n) is 18.9. The van der Waals surface area contributed by atoms with E-state index in [1.54, 1.807) is 0 Å². The number of hydrogen-bond acceptors (Lipinski definition) is 0. The summed E-state index contributed by atoms with van der Waals surface area (Å²) in [7, 11) is 0. The van der Waals surface area contributed by atoms with E-state index >= 15 is 0 Å². The summed E-state index contributed by atoms with van der Waals surface area (Å²) < 4.78 is 0. The van der Waals surface area contributed by atoms with Crippen LogP contribution in [0.15, 0.2) is 182 Å². The Morgan fingerprint density at radius 1 is 0.377 bits per heavy atom. The third-order valence-corrected chi connectivity index (χ3v) is 11.8. The fraction of sp³-hybridized carbons (Fsp3) is 0.0385. The van der Waals surface area contributed by atoms with Crippen LogP contribution in [-0.2, 0) is 6.42 Å². The normalized spacial score (nSPS) is 13.0. The lowest BCUT2D eigenvalue weighted by Crippen LogP contribution is -2.49. The minimum absolute atomic E-state index is 0.208. The van der Waals surface area contributed by atoms with Crippen molar-refractivity contribution in [3.63, 3.8) is 0 Å². The number of hydrogen-bond donors (Lipinski definition) is 0. The van der Waals surface area contributed by atoms with E-state index in [0.29, 0.717) is 0 Å². The maximum atomic E-state index is 2.44. The lowest BCUT2D eigenvalue weighted by molar-refractivity contribution is 0.991. The van der Waals surface area contributed by atoms with Crippen LogP contribution in [0.5, 0.6) is 0 Å². The van der Waals surface area contributed by atoms with Crippen molar-refractivity contribution in [3.8, 4) is 44.5 Å². The molecule has 9 aromatic rings. The van der Waals surface area contributed by atoms with Crippen LogP contribution < -0.4 is 16.4 Å². The highest BCUT2D eigenvalue weighted by Crippen LogP contribution is 2.45. The van der Waals surface area contributed by atoms with Gasteiger partial charge in [-0.2, -0.15) is 0 Å². The highest BCUT2D eigenvalue weighted by atomic mass is 14.3. The van der Waals surface area contributed by atoms with Gasteiger partial charge in [0.1, 0.15) is 0 Å². The van der Waals surface area contributed by atoms with Gasteiger partial charge >= 0.3 is 0 Å². The van der Waals surface area contributed by atoms with Gasteiger partial charge in [0.25, 0.3) is 0 Å². The molecule has 0 N–H and O–H groups in total. The van der Waals surface area contributed by atoms with Gasteiger partial charge in [-0.3, -0.25) is 0 Å². The number of benzene rings is 9. The molecule has 0 nitrogen and oxygen atoms in total. The third kappa shape index (κ3) is 4.78. The molecule has 1 heteroatoms. The van der Waals surface area contributed by atoms with E-state index in [4.69, 9.17) is 0 Å². The highest BCUT2D eigenvalue weighted by Gasteiger charge is 2.34. The molecule has 0 atom stereocenters. The first-order chi connectivity index (χ1) is 26.3. The van der Waals surface area contributed by atoms with Crippen molar-refractivity contribution in [2.24, 2.45) is 0 Å². The Labute approximate surface area is 310 Å². The molecule has 0 bridgehead atoms. The molecule has 1 aliphatic heterocycles. The average molecular weight is 671 g/mol. The molecule has 1 heterocycles. The van der Waals surface area contributed by atoms with Gasteiger partial charge in [-0.25, -0.2) is 0 Å². The summed E-state index contributed by atoms with van der Waals surface area (Å²) >= 11 is 0. The van der Waals surface area contributed by atoms with E-state index < -0.39 is 0 Å². The highest BCUT2D eigenvalue weighted by molar-refractivity contribution is 7.00. The van der Waals surface area contributed by atoms with Crippen LogP contribution in [0.25, 0.3) is 82.9 Å². The Hall–Kier alpha value is -6.44. The largest absolute Gasteiger partial charge is 0.243 e. The zero-order valence-electron chi connectivity index (χ0n) is 29.4. The van der Waals surface area contributed by atoms with Crippen molar-refractivity contribution in [1.29, 1.82) is 0 Å². The lowest BCUT2D eigenvalue weighted by atomic mass is 9.38. The minimum Gasteiger partial charge on any atom is -0.0836 e. The quantitative estimate of drug-likeness (QED) is 0.164. The molecule has 0 aromatic heterocycles. The first kappa shape index (κ1) is 30.2. The van der Waals surface area contributed by atoms with Crippen LogP contribution in [0.1, 0.15) is 17.5 Å². The van der Waals surface area contributed by atoms with Crippen LogP contribution in [0.2, 0.25) is 0 Å². The summed E-state index contributed by atoms with van der Waals surface area (Å²) in [6.45, 7) is 0.208. The summed E-state index contributed by atoms with van der Waals surface area (Å²) in [6.07, 6.45) is 6.82. The van der Waals surface area contributed by atoms with E-state index in [1.807, 2.05) is 0 Å². The van der Waals surface area contributed by atoms with Gasteiger partial charge in [-0.15, -0.1) is 0 Å². The SMILES string of the molecule is C1=Cc2c(c(-c3cccc(-c4ccc5c(c4)-c4ccccc4B5c4cccc5ccccc45)c3)c3ccccc3c2-c2ccc3ccccc3c2)CC1. The predicted molar refractivity (Wildman–Crippen MR) is 229 cm³/mol. The van der Waals surface area contributed by atoms with Crippen LogP contribution in [-0.4, -0.2) is 6.71 Å². The van der Waals surface area contributed by atoms with Crippen molar-refractivity contribution in [2.45, 2.75) is 12.8 Å². The van der Waals surface area contributed by atoms with Crippen molar-refractivity contribution in [3.05, 3.63) is 193 Å². The maximum absolute atomic E-state index is 2.44. The van der Waals surface area contributed by atoms with Gasteiger partial charge in [0.2, 0.25) is 6.71 Å². The molecule has 0 spiro atoms. The Bertz CT molecular complexity index is 2960. The molecule has 1 aliphatic carbocycles. The molecule has 246 valence electrons. The van der Waals surface area contributed by atoms with E-state index in [1.165, 1.54) is 104 Å². The van der Waals surface area contributed by atoms with Crippen LogP contribution in [0.3, 0.4) is 0 Å². The topological polar surface area (TPSA) is 0 Å². The molecule has 11 rings (SSSR count). The standard InChI is InChI=1S/C52H35B/c1-2-15-36-31-40(28-27-34(36)13-1)52-45-23-7-5-21-43(45)51(44-22-6-8-24-46(44)52)39-18-11-17-37(32-39)38-29-30-50-47(33-38)42-20-9-10-25-49(42)53(50)48-26-12-16-35-14-3-4-19-41(35)48/h1-5,7-21,23-33H,6,22H2. The molecular weight excluding hydrogens is 635 g/mol. The summed E-state index contributed by atoms with van der Waals surface area (Å²) in [6, 6.07) is 65.7. The maximum Gasteiger partial charge on any atom is 0.243 e. The third-order valence-electron chi connectivity index (χ3n) is 11.8. The van der Waals surface area contributed by atoms with Gasteiger partial charge in [0.15, 0.2) is 0 Å². The summed E-state index contributed by atoms with van der Waals surface area (Å²) in [5, 5.41) is 7.80. The molecular formula is C52H35B. The van der Waals surface area contributed by atoms with Gasteiger partial charge in [0.05, 0.1) is 0 Å². The van der Waals surface area contributed by atoms with Crippen molar-refractivity contribution < 1.29 is 0 Å². The second-order valence-corrected chi connectivity index (χ2v) is 14.7. The van der Waals surface area contributed by atoms with Crippen molar-refractivity contribution >= 4 is 61.5 Å². The van der Waals surface area contributed by atoms with E-state index in [0.717, 1.165) is 12.8 Å². The molecule has 0 fully saturated rings. The Morgan fingerprint density at radius 2 is 1.00 bits per heavy atom. The fourth-order valence-electron chi connectivity index (χ4n) is 9.44. The van der Waals surface area contributed by atoms with E-state index in [-0.39, 0.29) is 6.71 Å². The number of rotatable bonds is 4. The molecule has 0 radical (unpaired) electrons. The molecule has 0 unspecified atom stereocenters. The van der Waals surface area contributed by atoms with E-state index in [2.05, 4.69) is 188 Å². The number of allylic oxidation sites excluding steroid dienone is 1. The zero-order valence-corrected chi connectivity index (χ0v) is 29.4. The molecule has 9 aromatic carbocycles. The second-order valence-electron chi connectivity index (χ2n) is 14.7. The number of fused-ring (bicyclic) bond motifs is 7. The Morgan fingerprint density at radius 3 is 1.91 bits per heavy atom. The van der Waals surface area contributed by atoms with Crippen LogP contribution in [0, 0.1) is 0 Å². The predicted octanol–water partition coefficient (Wildman–Crippen LogP) is 11.6. The molecule has 2 aliphatic rings. The Balaban J connectivity index is 1.07. The first-order valence-corrected chi connectivity index (χ1v) is 18.9. The summed E-state index contributed by atoms with van der Waals surface area (Å²) in [5.74, 6) is 0. The minimum atomic E-state index is 0.208. The Kier molecular flexibility index (Phi) is 6.88. The van der Waals surface area contributed by atoms with Crippen LogP contribution in [0.4, 0.5) is 0 Å². The molecule has 53 heavy (non-hydrogen) atoms.